The summed E-state index contributed by atoms with van der Waals surface area (Å²) < 4.78 is 5.07. The van der Waals surface area contributed by atoms with E-state index in [1.807, 2.05) is 19.1 Å². The number of nitriles is 1. The molecule has 128 valence electrons. The van der Waals surface area contributed by atoms with Crippen LogP contribution in [0.2, 0.25) is 0 Å². The molecule has 1 aromatic rings. The second-order valence-corrected chi connectivity index (χ2v) is 6.30. The van der Waals surface area contributed by atoms with E-state index in [2.05, 4.69) is 11.1 Å². The van der Waals surface area contributed by atoms with Crippen molar-refractivity contribution in [2.24, 2.45) is 0 Å². The highest BCUT2D eigenvalue weighted by Gasteiger charge is 2.38. The summed E-state index contributed by atoms with van der Waals surface area (Å²) in [6, 6.07) is 5.92. The highest BCUT2D eigenvalue weighted by atomic mass is 16.5. The van der Waals surface area contributed by atoms with E-state index in [9.17, 15) is 14.9 Å². The minimum atomic E-state index is -0.761. The van der Waals surface area contributed by atoms with Crippen molar-refractivity contribution in [1.82, 2.24) is 9.88 Å². The number of likely N-dealkylation sites (N-methyl/N-ethyl adjacent to an activating group) is 1. The van der Waals surface area contributed by atoms with Crippen molar-refractivity contribution < 1.29 is 14.3 Å². The Kier molecular flexibility index (Phi) is 5.91. The molecule has 0 N–H and O–H groups in total. The summed E-state index contributed by atoms with van der Waals surface area (Å²) in [4.78, 5) is 29.7. The second kappa shape index (κ2) is 7.91. The number of pyridine rings is 1. The molecular formula is C18H23N3O3. The van der Waals surface area contributed by atoms with E-state index in [1.165, 1.54) is 4.90 Å². The average Bonchev–Trinajstić information content (AvgIpc) is 2.61. The normalized spacial score (nSPS) is 16.0. The van der Waals surface area contributed by atoms with Crippen molar-refractivity contribution in [3.8, 4) is 6.07 Å². The highest BCUT2D eigenvalue weighted by Crippen LogP contribution is 2.32. The van der Waals surface area contributed by atoms with Crippen LogP contribution in [0.5, 0.6) is 0 Å². The zero-order valence-electron chi connectivity index (χ0n) is 14.2. The summed E-state index contributed by atoms with van der Waals surface area (Å²) in [6.07, 6.45) is 6.01. The van der Waals surface area contributed by atoms with Crippen molar-refractivity contribution in [3.63, 3.8) is 0 Å². The van der Waals surface area contributed by atoms with Crippen LogP contribution in [-0.2, 0) is 20.7 Å². The fourth-order valence-electron chi connectivity index (χ4n) is 2.96. The van der Waals surface area contributed by atoms with E-state index in [4.69, 9.17) is 4.74 Å². The maximum absolute atomic E-state index is 12.3. The largest absolute Gasteiger partial charge is 0.455 e. The van der Waals surface area contributed by atoms with Gasteiger partial charge < -0.3 is 9.64 Å². The van der Waals surface area contributed by atoms with Gasteiger partial charge in [-0.05, 0) is 31.4 Å². The van der Waals surface area contributed by atoms with Crippen LogP contribution in [0.25, 0.3) is 0 Å². The number of amides is 1. The standard InChI is InChI=1S/C18H23N3O3/c1-14-6-7-15(11-20-14)10-17(23)24-12-16(22)21(2)18(13-19)8-4-3-5-9-18/h6-7,11H,3-5,8-10,12H2,1-2H3. The van der Waals surface area contributed by atoms with Crippen molar-refractivity contribution in [1.29, 1.82) is 5.26 Å². The molecule has 1 heterocycles. The smallest absolute Gasteiger partial charge is 0.310 e. The Morgan fingerprint density at radius 1 is 1.33 bits per heavy atom. The summed E-state index contributed by atoms with van der Waals surface area (Å²) in [7, 11) is 1.62. The number of aryl methyl sites for hydroxylation is 1. The number of rotatable bonds is 5. The van der Waals surface area contributed by atoms with E-state index in [-0.39, 0.29) is 18.9 Å². The molecule has 0 saturated heterocycles. The molecule has 1 aromatic heterocycles. The lowest BCUT2D eigenvalue weighted by atomic mass is 9.81. The van der Waals surface area contributed by atoms with Crippen molar-refractivity contribution in [2.45, 2.75) is 51.0 Å². The first kappa shape index (κ1) is 17.9. The van der Waals surface area contributed by atoms with E-state index >= 15 is 0 Å². The number of hydrogen-bond donors (Lipinski definition) is 0. The molecule has 6 heteroatoms. The van der Waals surface area contributed by atoms with Crippen molar-refractivity contribution in [2.75, 3.05) is 13.7 Å². The highest BCUT2D eigenvalue weighted by molar-refractivity contribution is 5.82. The van der Waals surface area contributed by atoms with Gasteiger partial charge in [-0.2, -0.15) is 5.26 Å². The Morgan fingerprint density at radius 2 is 2.04 bits per heavy atom. The maximum atomic E-state index is 12.3. The molecule has 1 amide bonds. The van der Waals surface area contributed by atoms with Gasteiger partial charge in [-0.15, -0.1) is 0 Å². The third kappa shape index (κ3) is 4.31. The molecule has 0 atom stereocenters. The van der Waals surface area contributed by atoms with Gasteiger partial charge in [-0.3, -0.25) is 14.6 Å². The molecule has 1 aliphatic rings. The van der Waals surface area contributed by atoms with Gasteiger partial charge in [0.25, 0.3) is 5.91 Å². The maximum Gasteiger partial charge on any atom is 0.310 e. The average molecular weight is 329 g/mol. The Labute approximate surface area is 142 Å². The van der Waals surface area contributed by atoms with E-state index in [0.29, 0.717) is 12.8 Å². The molecule has 0 aliphatic heterocycles. The molecule has 0 aromatic carbocycles. The van der Waals surface area contributed by atoms with Gasteiger partial charge in [-0.1, -0.05) is 25.3 Å². The zero-order valence-corrected chi connectivity index (χ0v) is 14.2. The Balaban J connectivity index is 1.86. The number of aromatic nitrogens is 1. The molecule has 6 nitrogen and oxygen atoms in total. The van der Waals surface area contributed by atoms with Crippen LogP contribution in [0.1, 0.15) is 43.4 Å². The number of carbonyl (C=O) groups excluding carboxylic acids is 2. The summed E-state index contributed by atoms with van der Waals surface area (Å²) in [5.74, 6) is -0.814. The lowest BCUT2D eigenvalue weighted by Crippen LogP contribution is -2.51. The first-order valence-corrected chi connectivity index (χ1v) is 8.22. The number of hydrogen-bond acceptors (Lipinski definition) is 5. The SMILES string of the molecule is Cc1ccc(CC(=O)OCC(=O)N(C)C2(C#N)CCCCC2)cn1. The van der Waals surface area contributed by atoms with Gasteiger partial charge in [0, 0.05) is 18.9 Å². The van der Waals surface area contributed by atoms with E-state index in [0.717, 1.165) is 30.5 Å². The first-order valence-electron chi connectivity index (χ1n) is 8.22. The molecule has 1 aliphatic carbocycles. The number of nitrogens with zero attached hydrogens (tertiary/aromatic N) is 3. The molecule has 0 radical (unpaired) electrons. The van der Waals surface area contributed by atoms with Crippen LogP contribution >= 0.6 is 0 Å². The first-order chi connectivity index (χ1) is 11.5. The monoisotopic (exact) mass is 329 g/mol. The number of esters is 1. The van der Waals surface area contributed by atoms with Gasteiger partial charge in [0.05, 0.1) is 12.5 Å². The number of carbonyl (C=O) groups is 2. The quantitative estimate of drug-likeness (QED) is 0.773. The fourth-order valence-corrected chi connectivity index (χ4v) is 2.96. The summed E-state index contributed by atoms with van der Waals surface area (Å²) in [6.45, 7) is 1.53. The predicted octanol–water partition coefficient (Wildman–Crippen LogP) is 2.16. The van der Waals surface area contributed by atoms with E-state index in [1.54, 1.807) is 13.2 Å². The zero-order chi connectivity index (χ0) is 17.6. The summed E-state index contributed by atoms with van der Waals surface area (Å²) in [5, 5.41) is 9.50. The molecule has 24 heavy (non-hydrogen) atoms. The van der Waals surface area contributed by atoms with Crippen LogP contribution in [0.15, 0.2) is 18.3 Å². The van der Waals surface area contributed by atoms with E-state index < -0.39 is 11.5 Å². The van der Waals surface area contributed by atoms with Gasteiger partial charge in [0.1, 0.15) is 5.54 Å². The minimum Gasteiger partial charge on any atom is -0.455 e. The van der Waals surface area contributed by atoms with Gasteiger partial charge >= 0.3 is 5.97 Å². The number of ether oxygens (including phenoxy) is 1. The Bertz CT molecular complexity index is 628. The lowest BCUT2D eigenvalue weighted by Gasteiger charge is -2.38. The topological polar surface area (TPSA) is 83.3 Å². The summed E-state index contributed by atoms with van der Waals surface area (Å²) >= 11 is 0. The van der Waals surface area contributed by atoms with Crippen LogP contribution in [0.3, 0.4) is 0 Å². The third-order valence-electron chi connectivity index (χ3n) is 4.58. The van der Waals surface area contributed by atoms with Gasteiger partial charge in [0.2, 0.25) is 0 Å². The minimum absolute atomic E-state index is 0.0771. The molecular weight excluding hydrogens is 306 g/mol. The van der Waals surface area contributed by atoms with Crippen molar-refractivity contribution >= 4 is 11.9 Å². The third-order valence-corrected chi connectivity index (χ3v) is 4.58. The Hall–Kier alpha value is -2.42. The van der Waals surface area contributed by atoms with Crippen LogP contribution in [-0.4, -0.2) is 41.0 Å². The van der Waals surface area contributed by atoms with Crippen LogP contribution in [0.4, 0.5) is 0 Å². The molecule has 0 unspecified atom stereocenters. The second-order valence-electron chi connectivity index (χ2n) is 6.30. The molecule has 0 bridgehead atoms. The van der Waals surface area contributed by atoms with Crippen molar-refractivity contribution in [3.05, 3.63) is 29.6 Å². The molecule has 0 spiro atoms. The van der Waals surface area contributed by atoms with Gasteiger partial charge in [0.15, 0.2) is 6.61 Å². The lowest BCUT2D eigenvalue weighted by molar-refractivity contribution is -0.153. The van der Waals surface area contributed by atoms with Gasteiger partial charge in [-0.25, -0.2) is 0 Å². The van der Waals surface area contributed by atoms with Crippen LogP contribution in [0, 0.1) is 18.3 Å². The fraction of sp³-hybridized carbons (Fsp3) is 0.556. The predicted molar refractivity (Wildman–Crippen MR) is 87.8 cm³/mol. The Morgan fingerprint density at radius 3 is 2.62 bits per heavy atom. The molecule has 1 saturated carbocycles. The molecule has 2 rings (SSSR count). The summed E-state index contributed by atoms with van der Waals surface area (Å²) in [5.41, 5.74) is 0.855. The molecule has 1 fully saturated rings. The van der Waals surface area contributed by atoms with Crippen LogP contribution < -0.4 is 0 Å².